The summed E-state index contributed by atoms with van der Waals surface area (Å²) < 4.78 is 17.0. The highest BCUT2D eigenvalue weighted by molar-refractivity contribution is 4.81. The van der Waals surface area contributed by atoms with Crippen molar-refractivity contribution >= 4 is 0 Å². The lowest BCUT2D eigenvalue weighted by atomic mass is 10.1. The second-order valence-corrected chi connectivity index (χ2v) is 7.76. The van der Waals surface area contributed by atoms with Gasteiger partial charge in [0.1, 0.15) is 6.10 Å². The van der Waals surface area contributed by atoms with E-state index in [9.17, 15) is 0 Å². The smallest absolute Gasteiger partial charge is 0.163 e. The molecule has 1 unspecified atom stereocenters. The van der Waals surface area contributed by atoms with Crippen LogP contribution in [0.5, 0.6) is 0 Å². The van der Waals surface area contributed by atoms with E-state index in [1.807, 2.05) is 13.8 Å². The van der Waals surface area contributed by atoms with E-state index in [0.29, 0.717) is 13.2 Å². The Morgan fingerprint density at radius 3 is 2.08 bits per heavy atom. The van der Waals surface area contributed by atoms with Crippen molar-refractivity contribution in [2.45, 2.75) is 110 Å². The van der Waals surface area contributed by atoms with Crippen molar-refractivity contribution in [1.29, 1.82) is 0 Å². The molecule has 1 fully saturated rings. The zero-order chi connectivity index (χ0) is 18.2. The molecule has 1 saturated heterocycles. The molecule has 0 spiro atoms. The van der Waals surface area contributed by atoms with Crippen molar-refractivity contribution in [2.75, 3.05) is 19.8 Å². The van der Waals surface area contributed by atoms with Crippen LogP contribution in [-0.4, -0.2) is 31.7 Å². The summed E-state index contributed by atoms with van der Waals surface area (Å²) in [5.41, 5.74) is 0. The summed E-state index contributed by atoms with van der Waals surface area (Å²) in [6, 6.07) is 0. The highest BCUT2D eigenvalue weighted by atomic mass is 16.7. The van der Waals surface area contributed by atoms with Crippen LogP contribution >= 0.6 is 0 Å². The van der Waals surface area contributed by atoms with Gasteiger partial charge >= 0.3 is 0 Å². The van der Waals surface area contributed by atoms with E-state index in [1.54, 1.807) is 0 Å². The van der Waals surface area contributed by atoms with Crippen LogP contribution in [-0.2, 0) is 14.2 Å². The number of allylic oxidation sites excluding steroid dienone is 2. The highest BCUT2D eigenvalue weighted by Gasteiger charge is 2.32. The number of ether oxygens (including phenoxy) is 3. The summed E-state index contributed by atoms with van der Waals surface area (Å²) >= 11 is 0. The molecule has 0 amide bonds. The molecule has 0 aromatic carbocycles. The van der Waals surface area contributed by atoms with Gasteiger partial charge in [-0.25, -0.2) is 0 Å². The van der Waals surface area contributed by atoms with Crippen LogP contribution < -0.4 is 0 Å². The van der Waals surface area contributed by atoms with E-state index in [0.717, 1.165) is 6.61 Å². The molecule has 1 aliphatic rings. The van der Waals surface area contributed by atoms with E-state index >= 15 is 0 Å². The molecule has 0 bridgehead atoms. The lowest BCUT2D eigenvalue weighted by molar-refractivity contribution is -0.145. The van der Waals surface area contributed by atoms with Crippen LogP contribution in [0.25, 0.3) is 0 Å². The van der Waals surface area contributed by atoms with E-state index in [4.69, 9.17) is 14.2 Å². The van der Waals surface area contributed by atoms with Gasteiger partial charge in [0.05, 0.1) is 13.2 Å². The largest absolute Gasteiger partial charge is 0.379 e. The minimum atomic E-state index is -0.431. The van der Waals surface area contributed by atoms with Crippen molar-refractivity contribution in [3.63, 3.8) is 0 Å². The molecular formula is C22H42O3. The predicted octanol–water partition coefficient (Wildman–Crippen LogP) is 6.41. The molecule has 25 heavy (non-hydrogen) atoms. The normalized spacial score (nSPS) is 19.9. The van der Waals surface area contributed by atoms with Crippen molar-refractivity contribution in [2.24, 2.45) is 0 Å². The molecule has 1 heterocycles. The fourth-order valence-corrected chi connectivity index (χ4v) is 3.14. The van der Waals surface area contributed by atoms with Crippen LogP contribution in [0.3, 0.4) is 0 Å². The maximum atomic E-state index is 5.72. The SMILES string of the molecule is CCCC/C=C\CCCCCCCCCCOCC1COC(C)(C)O1. The molecule has 1 rings (SSSR count). The second-order valence-electron chi connectivity index (χ2n) is 7.76. The Morgan fingerprint density at radius 2 is 1.48 bits per heavy atom. The Morgan fingerprint density at radius 1 is 0.880 bits per heavy atom. The molecule has 0 saturated carbocycles. The fraction of sp³-hybridized carbons (Fsp3) is 0.909. The first-order valence-corrected chi connectivity index (χ1v) is 10.7. The Bertz CT molecular complexity index is 325. The van der Waals surface area contributed by atoms with Gasteiger partial charge in [-0.05, 0) is 39.5 Å². The van der Waals surface area contributed by atoms with Gasteiger partial charge < -0.3 is 14.2 Å². The molecule has 0 aromatic rings. The van der Waals surface area contributed by atoms with Gasteiger partial charge in [-0.2, -0.15) is 0 Å². The molecule has 0 aliphatic carbocycles. The molecular weight excluding hydrogens is 312 g/mol. The lowest BCUT2D eigenvalue weighted by Gasteiger charge is -2.17. The third-order valence-corrected chi connectivity index (χ3v) is 4.67. The van der Waals surface area contributed by atoms with Gasteiger partial charge in [-0.3, -0.25) is 0 Å². The average Bonchev–Trinajstić information content (AvgIpc) is 2.93. The first-order valence-electron chi connectivity index (χ1n) is 10.7. The molecule has 0 radical (unpaired) electrons. The van der Waals surface area contributed by atoms with Crippen molar-refractivity contribution in [3.8, 4) is 0 Å². The Labute approximate surface area is 156 Å². The predicted molar refractivity (Wildman–Crippen MR) is 106 cm³/mol. The van der Waals surface area contributed by atoms with Crippen LogP contribution in [0.4, 0.5) is 0 Å². The minimum Gasteiger partial charge on any atom is -0.379 e. The third-order valence-electron chi connectivity index (χ3n) is 4.67. The number of hydrogen-bond donors (Lipinski definition) is 0. The van der Waals surface area contributed by atoms with Gasteiger partial charge in [0.15, 0.2) is 5.79 Å². The zero-order valence-corrected chi connectivity index (χ0v) is 17.1. The molecule has 1 aliphatic heterocycles. The van der Waals surface area contributed by atoms with Gasteiger partial charge in [-0.15, -0.1) is 0 Å². The summed E-state index contributed by atoms with van der Waals surface area (Å²) in [5, 5.41) is 0. The summed E-state index contributed by atoms with van der Waals surface area (Å²) in [6.45, 7) is 8.33. The summed E-state index contributed by atoms with van der Waals surface area (Å²) in [6.07, 6.45) is 20.7. The van der Waals surface area contributed by atoms with E-state index in [-0.39, 0.29) is 6.10 Å². The summed E-state index contributed by atoms with van der Waals surface area (Å²) in [5.74, 6) is -0.431. The molecule has 1 atom stereocenters. The minimum absolute atomic E-state index is 0.108. The van der Waals surface area contributed by atoms with Crippen molar-refractivity contribution < 1.29 is 14.2 Å². The summed E-state index contributed by atoms with van der Waals surface area (Å²) in [7, 11) is 0. The number of hydrogen-bond acceptors (Lipinski definition) is 3. The first kappa shape index (κ1) is 22.7. The third kappa shape index (κ3) is 13.5. The van der Waals surface area contributed by atoms with Gasteiger partial charge in [0.25, 0.3) is 0 Å². The quantitative estimate of drug-likeness (QED) is 0.237. The lowest BCUT2D eigenvalue weighted by Crippen LogP contribution is -2.24. The van der Waals surface area contributed by atoms with Crippen LogP contribution in [0, 0.1) is 0 Å². The van der Waals surface area contributed by atoms with Gasteiger partial charge in [-0.1, -0.05) is 70.4 Å². The van der Waals surface area contributed by atoms with Crippen molar-refractivity contribution in [1.82, 2.24) is 0 Å². The number of unbranched alkanes of at least 4 members (excludes halogenated alkanes) is 10. The average molecular weight is 355 g/mol. The molecule has 3 nitrogen and oxygen atoms in total. The van der Waals surface area contributed by atoms with Gasteiger partial charge in [0.2, 0.25) is 0 Å². The summed E-state index contributed by atoms with van der Waals surface area (Å²) in [4.78, 5) is 0. The maximum absolute atomic E-state index is 5.72. The topological polar surface area (TPSA) is 27.7 Å². The fourth-order valence-electron chi connectivity index (χ4n) is 3.14. The molecule has 148 valence electrons. The Hall–Kier alpha value is -0.380. The van der Waals surface area contributed by atoms with E-state index in [2.05, 4.69) is 19.1 Å². The molecule has 0 N–H and O–H groups in total. The van der Waals surface area contributed by atoms with E-state index < -0.39 is 5.79 Å². The maximum Gasteiger partial charge on any atom is 0.163 e. The van der Waals surface area contributed by atoms with Crippen molar-refractivity contribution in [3.05, 3.63) is 12.2 Å². The standard InChI is InChI=1S/C22H42O3/c1-4-5-6-7-8-9-10-11-12-13-14-15-16-17-18-23-19-21-20-24-22(2,3)25-21/h7-8,21H,4-6,9-20H2,1-3H3/b8-7-. The molecule has 3 heteroatoms. The highest BCUT2D eigenvalue weighted by Crippen LogP contribution is 2.22. The Kier molecular flexibility index (Phi) is 13.4. The second kappa shape index (κ2) is 14.8. The van der Waals surface area contributed by atoms with Gasteiger partial charge in [0, 0.05) is 6.61 Å². The number of rotatable bonds is 16. The van der Waals surface area contributed by atoms with Crippen LogP contribution in [0.1, 0.15) is 97.8 Å². The zero-order valence-electron chi connectivity index (χ0n) is 17.1. The first-order chi connectivity index (χ1) is 12.1. The van der Waals surface area contributed by atoms with E-state index in [1.165, 1.54) is 77.0 Å². The molecule has 0 aromatic heterocycles. The van der Waals surface area contributed by atoms with Crippen LogP contribution in [0.15, 0.2) is 12.2 Å². The monoisotopic (exact) mass is 354 g/mol. The Balaban J connectivity index is 1.73. The van der Waals surface area contributed by atoms with Crippen LogP contribution in [0.2, 0.25) is 0 Å².